The lowest BCUT2D eigenvalue weighted by Crippen LogP contribution is -1.94. The fourth-order valence-electron chi connectivity index (χ4n) is 1.47. The zero-order valence-corrected chi connectivity index (χ0v) is 7.16. The van der Waals surface area contributed by atoms with Crippen molar-refractivity contribution < 1.29 is 4.74 Å². The smallest absolute Gasteiger partial charge is 0.126 e. The lowest BCUT2D eigenvalue weighted by atomic mass is 10.1. The third-order valence-electron chi connectivity index (χ3n) is 2.10. The average Bonchev–Trinajstić information content (AvgIpc) is 2.56. The van der Waals surface area contributed by atoms with Crippen molar-refractivity contribution in [1.29, 1.82) is 0 Å². The molecule has 0 unspecified atom stereocenters. The zero-order chi connectivity index (χ0) is 8.39. The fourth-order valence-corrected chi connectivity index (χ4v) is 1.47. The van der Waals surface area contributed by atoms with Gasteiger partial charge in [0.2, 0.25) is 0 Å². The molecule has 0 saturated heterocycles. The van der Waals surface area contributed by atoms with Gasteiger partial charge in [-0.1, -0.05) is 29.8 Å². The first kappa shape index (κ1) is 7.41. The van der Waals surface area contributed by atoms with Crippen LogP contribution in [0.15, 0.2) is 36.6 Å². The van der Waals surface area contributed by atoms with Gasteiger partial charge in [0.15, 0.2) is 0 Å². The zero-order valence-electron chi connectivity index (χ0n) is 7.16. The van der Waals surface area contributed by atoms with E-state index in [2.05, 4.69) is 37.3 Å². The SMILES string of the molecule is Cc1cccc([C@@H]2CC=CO2)c1. The molecule has 1 aliphatic heterocycles. The third-order valence-corrected chi connectivity index (χ3v) is 2.10. The molecular formula is C11H12O. The Labute approximate surface area is 72.7 Å². The lowest BCUT2D eigenvalue weighted by molar-refractivity contribution is 0.173. The molecule has 0 spiro atoms. The van der Waals surface area contributed by atoms with Crippen LogP contribution in [0.4, 0.5) is 0 Å². The molecule has 0 bridgehead atoms. The van der Waals surface area contributed by atoms with E-state index in [1.54, 1.807) is 6.26 Å². The molecule has 2 rings (SSSR count). The average molecular weight is 160 g/mol. The van der Waals surface area contributed by atoms with Crippen molar-refractivity contribution in [3.63, 3.8) is 0 Å². The van der Waals surface area contributed by atoms with Crippen molar-refractivity contribution in [3.05, 3.63) is 47.7 Å². The van der Waals surface area contributed by atoms with E-state index in [0.29, 0.717) is 0 Å². The van der Waals surface area contributed by atoms with Crippen LogP contribution in [0.3, 0.4) is 0 Å². The van der Waals surface area contributed by atoms with Crippen LogP contribution in [0.25, 0.3) is 0 Å². The molecule has 1 heteroatoms. The van der Waals surface area contributed by atoms with Crippen LogP contribution in [-0.2, 0) is 4.74 Å². The second-order valence-corrected chi connectivity index (χ2v) is 3.15. The lowest BCUT2D eigenvalue weighted by Gasteiger charge is -2.10. The molecule has 0 fully saturated rings. The fraction of sp³-hybridized carbons (Fsp3) is 0.273. The third kappa shape index (κ3) is 1.35. The maximum absolute atomic E-state index is 5.41. The van der Waals surface area contributed by atoms with Gasteiger partial charge in [-0.2, -0.15) is 0 Å². The Balaban J connectivity index is 2.22. The van der Waals surface area contributed by atoms with Crippen LogP contribution in [0.1, 0.15) is 23.7 Å². The van der Waals surface area contributed by atoms with Gasteiger partial charge < -0.3 is 4.74 Å². The van der Waals surface area contributed by atoms with E-state index in [-0.39, 0.29) is 6.10 Å². The van der Waals surface area contributed by atoms with Crippen molar-refractivity contribution in [3.8, 4) is 0 Å². The quantitative estimate of drug-likeness (QED) is 0.613. The monoisotopic (exact) mass is 160 g/mol. The minimum Gasteiger partial charge on any atom is -0.493 e. The Morgan fingerprint density at radius 2 is 2.33 bits per heavy atom. The number of ether oxygens (including phenoxy) is 1. The highest BCUT2D eigenvalue weighted by atomic mass is 16.5. The molecule has 12 heavy (non-hydrogen) atoms. The molecule has 1 nitrogen and oxygen atoms in total. The van der Waals surface area contributed by atoms with Crippen LogP contribution in [-0.4, -0.2) is 0 Å². The summed E-state index contributed by atoms with van der Waals surface area (Å²) in [4.78, 5) is 0. The summed E-state index contributed by atoms with van der Waals surface area (Å²) in [6, 6.07) is 8.47. The highest BCUT2D eigenvalue weighted by molar-refractivity contribution is 5.25. The predicted molar refractivity (Wildman–Crippen MR) is 48.8 cm³/mol. The number of rotatable bonds is 1. The Morgan fingerprint density at radius 1 is 1.42 bits per heavy atom. The minimum atomic E-state index is 0.255. The van der Waals surface area contributed by atoms with Gasteiger partial charge in [0.1, 0.15) is 6.10 Å². The molecule has 1 heterocycles. The first-order valence-electron chi connectivity index (χ1n) is 4.23. The number of hydrogen-bond acceptors (Lipinski definition) is 1. The molecule has 1 aromatic carbocycles. The predicted octanol–water partition coefficient (Wildman–Crippen LogP) is 2.97. The summed E-state index contributed by atoms with van der Waals surface area (Å²) in [5.41, 5.74) is 2.57. The van der Waals surface area contributed by atoms with Crippen molar-refractivity contribution >= 4 is 0 Å². The van der Waals surface area contributed by atoms with E-state index in [9.17, 15) is 0 Å². The summed E-state index contributed by atoms with van der Waals surface area (Å²) in [6.45, 7) is 2.10. The van der Waals surface area contributed by atoms with Gasteiger partial charge in [-0.15, -0.1) is 0 Å². The first-order chi connectivity index (χ1) is 5.86. The Bertz CT molecular complexity index is 294. The molecule has 0 radical (unpaired) electrons. The molecule has 0 N–H and O–H groups in total. The summed E-state index contributed by atoms with van der Waals surface area (Å²) < 4.78 is 5.41. The van der Waals surface area contributed by atoms with Gasteiger partial charge in [0.25, 0.3) is 0 Å². The molecule has 0 amide bonds. The summed E-state index contributed by atoms with van der Waals surface area (Å²) >= 11 is 0. The number of hydrogen-bond donors (Lipinski definition) is 0. The van der Waals surface area contributed by atoms with Gasteiger partial charge in [0.05, 0.1) is 6.26 Å². The molecule has 0 aliphatic carbocycles. The van der Waals surface area contributed by atoms with Crippen molar-refractivity contribution in [2.75, 3.05) is 0 Å². The number of aryl methyl sites for hydroxylation is 1. The van der Waals surface area contributed by atoms with Gasteiger partial charge in [-0.05, 0) is 18.6 Å². The highest BCUT2D eigenvalue weighted by Gasteiger charge is 2.13. The van der Waals surface area contributed by atoms with E-state index in [1.807, 2.05) is 0 Å². The largest absolute Gasteiger partial charge is 0.493 e. The van der Waals surface area contributed by atoms with E-state index < -0.39 is 0 Å². The number of benzene rings is 1. The first-order valence-corrected chi connectivity index (χ1v) is 4.23. The summed E-state index contributed by atoms with van der Waals surface area (Å²) in [5, 5.41) is 0. The van der Waals surface area contributed by atoms with Gasteiger partial charge in [-0.3, -0.25) is 0 Å². The van der Waals surface area contributed by atoms with Crippen LogP contribution in [0.2, 0.25) is 0 Å². The van der Waals surface area contributed by atoms with Crippen molar-refractivity contribution in [2.24, 2.45) is 0 Å². The summed E-state index contributed by atoms with van der Waals surface area (Å²) in [7, 11) is 0. The molecular weight excluding hydrogens is 148 g/mol. The second-order valence-electron chi connectivity index (χ2n) is 3.15. The normalized spacial score (nSPS) is 20.9. The van der Waals surface area contributed by atoms with Crippen molar-refractivity contribution in [2.45, 2.75) is 19.4 Å². The summed E-state index contributed by atoms with van der Waals surface area (Å²) in [6.07, 6.45) is 5.11. The van der Waals surface area contributed by atoms with Crippen LogP contribution < -0.4 is 0 Å². The van der Waals surface area contributed by atoms with Gasteiger partial charge in [-0.25, -0.2) is 0 Å². The molecule has 1 aromatic rings. The highest BCUT2D eigenvalue weighted by Crippen LogP contribution is 2.26. The van der Waals surface area contributed by atoms with E-state index >= 15 is 0 Å². The Hall–Kier alpha value is -1.24. The molecule has 0 saturated carbocycles. The van der Waals surface area contributed by atoms with Crippen LogP contribution in [0.5, 0.6) is 0 Å². The van der Waals surface area contributed by atoms with Crippen LogP contribution in [0, 0.1) is 6.92 Å². The Kier molecular flexibility index (Phi) is 1.86. The topological polar surface area (TPSA) is 9.23 Å². The molecule has 0 aromatic heterocycles. The summed E-state index contributed by atoms with van der Waals surface area (Å²) in [5.74, 6) is 0. The molecule has 1 aliphatic rings. The van der Waals surface area contributed by atoms with Crippen molar-refractivity contribution in [1.82, 2.24) is 0 Å². The van der Waals surface area contributed by atoms with Gasteiger partial charge in [0, 0.05) is 6.42 Å². The minimum absolute atomic E-state index is 0.255. The second kappa shape index (κ2) is 3.02. The van der Waals surface area contributed by atoms with Crippen LogP contribution >= 0.6 is 0 Å². The van der Waals surface area contributed by atoms with Gasteiger partial charge >= 0.3 is 0 Å². The maximum Gasteiger partial charge on any atom is 0.126 e. The molecule has 62 valence electrons. The standard InChI is InChI=1S/C11H12O/c1-9-4-2-5-10(8-9)11-6-3-7-12-11/h2-5,7-8,11H,6H2,1H3/t11-/m0/s1. The Morgan fingerprint density at radius 3 is 3.00 bits per heavy atom. The van der Waals surface area contributed by atoms with E-state index in [0.717, 1.165) is 6.42 Å². The van der Waals surface area contributed by atoms with E-state index in [1.165, 1.54) is 11.1 Å². The van der Waals surface area contributed by atoms with E-state index in [4.69, 9.17) is 4.74 Å². The molecule has 1 atom stereocenters. The maximum atomic E-state index is 5.41.